The second-order valence-electron chi connectivity index (χ2n) is 3.58. The van der Waals surface area contributed by atoms with Gasteiger partial charge < -0.3 is 0 Å². The third-order valence-electron chi connectivity index (χ3n) is 2.24. The molecular weight excluding hydrogens is 308 g/mol. The zero-order chi connectivity index (χ0) is 15.1. The van der Waals surface area contributed by atoms with E-state index in [1.807, 2.05) is 0 Å². The van der Waals surface area contributed by atoms with Crippen molar-refractivity contribution >= 4 is 11.6 Å². The lowest BCUT2D eigenvalue weighted by atomic mass is 9.98. The minimum Gasteiger partial charge on any atom is -0.230 e. The molecule has 0 saturated carbocycles. The molecule has 9 heteroatoms. The standard InChI is InChI=1S/C10H5ClF8/c11-6-4-2-1-3-5(6)8(13,14)9(15,16)7(12)10(17,18)19/h1-4,7H. The molecule has 0 aliphatic carbocycles. The largest absolute Gasteiger partial charge is 0.425 e. The molecule has 0 amide bonds. The number of halogens is 9. The lowest BCUT2D eigenvalue weighted by Crippen LogP contribution is -2.52. The number of rotatable bonds is 3. The van der Waals surface area contributed by atoms with Crippen molar-refractivity contribution < 1.29 is 35.1 Å². The van der Waals surface area contributed by atoms with E-state index in [1.165, 1.54) is 0 Å². The van der Waals surface area contributed by atoms with Crippen molar-refractivity contribution in [2.45, 2.75) is 24.2 Å². The summed E-state index contributed by atoms with van der Waals surface area (Å²) < 4.78 is 101. The van der Waals surface area contributed by atoms with E-state index in [0.717, 1.165) is 18.2 Å². The summed E-state index contributed by atoms with van der Waals surface area (Å²) in [5.41, 5.74) is -1.58. The smallest absolute Gasteiger partial charge is 0.230 e. The highest BCUT2D eigenvalue weighted by atomic mass is 35.5. The lowest BCUT2D eigenvalue weighted by molar-refractivity contribution is -0.310. The van der Waals surface area contributed by atoms with E-state index in [9.17, 15) is 35.1 Å². The molecule has 0 bridgehead atoms. The highest BCUT2D eigenvalue weighted by molar-refractivity contribution is 6.31. The van der Waals surface area contributed by atoms with E-state index < -0.39 is 34.8 Å². The van der Waals surface area contributed by atoms with E-state index >= 15 is 0 Å². The van der Waals surface area contributed by atoms with Crippen LogP contribution in [0.4, 0.5) is 35.1 Å². The maximum atomic E-state index is 13.4. The second kappa shape index (κ2) is 4.81. The van der Waals surface area contributed by atoms with Gasteiger partial charge in [0.15, 0.2) is 0 Å². The third-order valence-corrected chi connectivity index (χ3v) is 2.57. The molecule has 1 aromatic rings. The van der Waals surface area contributed by atoms with Crippen LogP contribution in [0.1, 0.15) is 5.56 Å². The second-order valence-corrected chi connectivity index (χ2v) is 3.99. The summed E-state index contributed by atoms with van der Waals surface area (Å²) in [5.74, 6) is -11.4. The minimum atomic E-state index is -6.12. The highest BCUT2D eigenvalue weighted by Gasteiger charge is 2.70. The predicted octanol–water partition coefficient (Wildman–Crippen LogP) is 4.97. The van der Waals surface area contributed by atoms with E-state index in [0.29, 0.717) is 6.07 Å². The summed E-state index contributed by atoms with van der Waals surface area (Å²) in [7, 11) is 0. The topological polar surface area (TPSA) is 0 Å². The first kappa shape index (κ1) is 16.0. The summed E-state index contributed by atoms with van der Waals surface area (Å²) >= 11 is 5.22. The van der Waals surface area contributed by atoms with E-state index in [4.69, 9.17) is 11.6 Å². The molecule has 0 aliphatic rings. The van der Waals surface area contributed by atoms with Crippen molar-refractivity contribution in [1.29, 1.82) is 0 Å². The fourth-order valence-electron chi connectivity index (χ4n) is 1.26. The van der Waals surface area contributed by atoms with Gasteiger partial charge in [-0.25, -0.2) is 4.39 Å². The van der Waals surface area contributed by atoms with Crippen LogP contribution in [0.5, 0.6) is 0 Å². The molecule has 1 aromatic carbocycles. The third kappa shape index (κ3) is 2.77. The van der Waals surface area contributed by atoms with Gasteiger partial charge in [0.1, 0.15) is 0 Å². The molecule has 1 unspecified atom stereocenters. The van der Waals surface area contributed by atoms with Crippen molar-refractivity contribution in [2.24, 2.45) is 0 Å². The van der Waals surface area contributed by atoms with Crippen molar-refractivity contribution in [3.63, 3.8) is 0 Å². The summed E-state index contributed by atoms with van der Waals surface area (Å²) in [6.07, 6.45) is -11.1. The van der Waals surface area contributed by atoms with Crippen molar-refractivity contribution in [2.75, 3.05) is 0 Å². The molecule has 19 heavy (non-hydrogen) atoms. The van der Waals surface area contributed by atoms with Crippen molar-refractivity contribution in [3.05, 3.63) is 34.9 Å². The highest BCUT2D eigenvalue weighted by Crippen LogP contribution is 2.51. The van der Waals surface area contributed by atoms with Crippen molar-refractivity contribution in [1.82, 2.24) is 0 Å². The molecule has 0 heterocycles. The van der Waals surface area contributed by atoms with Gasteiger partial charge in [-0.3, -0.25) is 0 Å². The van der Waals surface area contributed by atoms with E-state index in [2.05, 4.69) is 0 Å². The number of hydrogen-bond acceptors (Lipinski definition) is 0. The molecule has 0 aromatic heterocycles. The van der Waals surface area contributed by atoms with E-state index in [-0.39, 0.29) is 0 Å². The van der Waals surface area contributed by atoms with Crippen LogP contribution in [-0.4, -0.2) is 18.3 Å². The molecule has 0 nitrogen and oxygen atoms in total. The Morgan fingerprint density at radius 1 is 0.895 bits per heavy atom. The zero-order valence-corrected chi connectivity index (χ0v) is 9.54. The van der Waals surface area contributed by atoms with Crippen LogP contribution < -0.4 is 0 Å². The van der Waals surface area contributed by atoms with Gasteiger partial charge in [-0.05, 0) is 6.07 Å². The van der Waals surface area contributed by atoms with Crippen molar-refractivity contribution in [3.8, 4) is 0 Å². The minimum absolute atomic E-state index is 0.402. The molecule has 0 N–H and O–H groups in total. The molecule has 0 spiro atoms. The Labute approximate surface area is 107 Å². The summed E-state index contributed by atoms with van der Waals surface area (Å²) in [6.45, 7) is 0. The molecular formula is C10H5ClF8. The van der Waals surface area contributed by atoms with Crippen LogP contribution in [0.15, 0.2) is 24.3 Å². The Bertz CT molecular complexity index is 453. The first-order chi connectivity index (χ1) is 8.42. The molecule has 0 fully saturated rings. The van der Waals surface area contributed by atoms with Crippen LogP contribution in [0.25, 0.3) is 0 Å². The average Bonchev–Trinajstić information content (AvgIpc) is 2.26. The van der Waals surface area contributed by atoms with Crippen LogP contribution in [0.2, 0.25) is 5.02 Å². The fraction of sp³-hybridized carbons (Fsp3) is 0.400. The molecule has 1 rings (SSSR count). The fourth-order valence-corrected chi connectivity index (χ4v) is 1.51. The maximum Gasteiger partial charge on any atom is 0.425 e. The first-order valence-corrected chi connectivity index (χ1v) is 5.01. The Kier molecular flexibility index (Phi) is 4.05. The predicted molar refractivity (Wildman–Crippen MR) is 51.2 cm³/mol. The van der Waals surface area contributed by atoms with Gasteiger partial charge in [-0.1, -0.05) is 29.8 Å². The molecule has 0 saturated heterocycles. The van der Waals surface area contributed by atoms with Gasteiger partial charge in [0.25, 0.3) is 6.17 Å². The number of alkyl halides is 8. The maximum absolute atomic E-state index is 13.4. The van der Waals surface area contributed by atoms with Gasteiger partial charge in [-0.15, -0.1) is 0 Å². The Hall–Kier alpha value is -1.05. The Balaban J connectivity index is 3.30. The van der Waals surface area contributed by atoms with E-state index in [1.54, 1.807) is 0 Å². The zero-order valence-electron chi connectivity index (χ0n) is 8.79. The molecule has 0 aliphatic heterocycles. The lowest BCUT2D eigenvalue weighted by Gasteiger charge is -2.30. The van der Waals surface area contributed by atoms with Gasteiger partial charge in [-0.2, -0.15) is 30.7 Å². The van der Waals surface area contributed by atoms with Crippen LogP contribution in [-0.2, 0) is 5.92 Å². The molecule has 0 radical (unpaired) electrons. The van der Waals surface area contributed by atoms with Gasteiger partial charge in [0.2, 0.25) is 0 Å². The Morgan fingerprint density at radius 2 is 1.37 bits per heavy atom. The average molecular weight is 313 g/mol. The first-order valence-electron chi connectivity index (χ1n) is 4.63. The van der Waals surface area contributed by atoms with Crippen LogP contribution >= 0.6 is 11.6 Å². The summed E-state index contributed by atoms with van der Waals surface area (Å²) in [5, 5.41) is -0.887. The number of benzene rings is 1. The normalized spacial score (nSPS) is 15.4. The Morgan fingerprint density at radius 3 is 1.79 bits per heavy atom. The molecule has 108 valence electrons. The van der Waals surface area contributed by atoms with Gasteiger partial charge in [0, 0.05) is 10.6 Å². The van der Waals surface area contributed by atoms with Gasteiger partial charge >= 0.3 is 18.0 Å². The summed E-state index contributed by atoms with van der Waals surface area (Å²) in [4.78, 5) is 0. The monoisotopic (exact) mass is 312 g/mol. The summed E-state index contributed by atoms with van der Waals surface area (Å²) in [6, 6.07) is 3.16. The molecule has 1 atom stereocenters. The number of hydrogen-bond donors (Lipinski definition) is 0. The SMILES string of the molecule is FC(C(F)(F)F)C(F)(F)C(F)(F)c1ccccc1Cl. The van der Waals surface area contributed by atoms with Crippen LogP contribution in [0.3, 0.4) is 0 Å². The van der Waals surface area contributed by atoms with Crippen LogP contribution in [0, 0.1) is 0 Å². The quantitative estimate of drug-likeness (QED) is 0.691. The van der Waals surface area contributed by atoms with Gasteiger partial charge in [0.05, 0.1) is 0 Å².